The summed E-state index contributed by atoms with van der Waals surface area (Å²) in [4.78, 5) is 4.34. The van der Waals surface area contributed by atoms with Gasteiger partial charge >= 0.3 is 6.18 Å². The zero-order valence-electron chi connectivity index (χ0n) is 18.7. The van der Waals surface area contributed by atoms with Gasteiger partial charge in [-0.15, -0.1) is 10.2 Å². The predicted octanol–water partition coefficient (Wildman–Crippen LogP) is 5.14. The molecule has 2 aromatic carbocycles. The number of nitrogens with two attached hydrogens (primary N) is 1. The Hall–Kier alpha value is -3.96. The summed E-state index contributed by atoms with van der Waals surface area (Å²) in [6.07, 6.45) is -2.97. The summed E-state index contributed by atoms with van der Waals surface area (Å²) >= 11 is 6.12. The Labute approximate surface area is 207 Å². The van der Waals surface area contributed by atoms with Crippen LogP contribution < -0.4 is 15.2 Å². The molecule has 0 spiro atoms. The second kappa shape index (κ2) is 9.25. The number of nitrogens with zero attached hydrogens (tertiary/aromatic N) is 5. The molecule has 5 rings (SSSR count). The number of hydrogen-bond donors (Lipinski definition) is 1. The van der Waals surface area contributed by atoms with E-state index in [1.807, 2.05) is 12.1 Å². The van der Waals surface area contributed by atoms with E-state index in [0.29, 0.717) is 39.7 Å². The van der Waals surface area contributed by atoms with E-state index in [0.717, 1.165) is 5.39 Å². The number of aromatic nitrogens is 5. The van der Waals surface area contributed by atoms with Crippen LogP contribution in [-0.2, 0) is 6.61 Å². The Morgan fingerprint density at radius 3 is 2.64 bits per heavy atom. The van der Waals surface area contributed by atoms with Gasteiger partial charge in [0.2, 0.25) is 0 Å². The Kier molecular flexibility index (Phi) is 6.10. The summed E-state index contributed by atoms with van der Waals surface area (Å²) < 4.78 is 51.8. The van der Waals surface area contributed by atoms with Gasteiger partial charge in [-0.2, -0.15) is 22.8 Å². The molecule has 3 aromatic heterocycles. The van der Waals surface area contributed by atoms with Crippen LogP contribution in [0.1, 0.15) is 17.4 Å². The van der Waals surface area contributed by atoms with Gasteiger partial charge in [-0.05, 0) is 42.0 Å². The number of rotatable bonds is 6. The first-order valence-corrected chi connectivity index (χ1v) is 11.0. The van der Waals surface area contributed by atoms with Gasteiger partial charge in [0, 0.05) is 28.2 Å². The van der Waals surface area contributed by atoms with Gasteiger partial charge in [-0.1, -0.05) is 23.7 Å². The quantitative estimate of drug-likeness (QED) is 0.335. The Bertz CT molecular complexity index is 1570. The van der Waals surface area contributed by atoms with E-state index in [1.54, 1.807) is 37.6 Å². The van der Waals surface area contributed by atoms with Crippen LogP contribution in [0, 0.1) is 0 Å². The lowest BCUT2D eigenvalue weighted by Gasteiger charge is -2.17. The van der Waals surface area contributed by atoms with Crippen LogP contribution in [0.15, 0.2) is 60.8 Å². The molecule has 0 bridgehead atoms. The van der Waals surface area contributed by atoms with Crippen molar-refractivity contribution in [1.82, 2.24) is 24.8 Å². The normalized spacial score (nSPS) is 12.7. The molecule has 184 valence electrons. The summed E-state index contributed by atoms with van der Waals surface area (Å²) in [6.45, 7) is 0.0584. The number of ether oxygens (including phenoxy) is 2. The van der Waals surface area contributed by atoms with Crippen molar-refractivity contribution in [3.05, 3.63) is 77.2 Å². The topological polar surface area (TPSA) is 100 Å². The molecule has 0 unspecified atom stereocenters. The highest BCUT2D eigenvalue weighted by atomic mass is 35.5. The molecule has 0 fully saturated rings. The number of methoxy groups -OCH3 is 1. The van der Waals surface area contributed by atoms with Crippen LogP contribution in [-0.4, -0.2) is 38.1 Å². The van der Waals surface area contributed by atoms with Crippen LogP contribution >= 0.6 is 11.6 Å². The van der Waals surface area contributed by atoms with Crippen molar-refractivity contribution in [2.75, 3.05) is 7.11 Å². The van der Waals surface area contributed by atoms with Gasteiger partial charge in [0.1, 0.15) is 24.1 Å². The average Bonchev–Trinajstić information content (AvgIpc) is 3.28. The van der Waals surface area contributed by atoms with Crippen molar-refractivity contribution in [3.63, 3.8) is 0 Å². The number of pyridine rings is 1. The van der Waals surface area contributed by atoms with Crippen molar-refractivity contribution in [3.8, 4) is 22.8 Å². The standard InChI is InChI=1S/C24H18ClF3N6O2/c1-35-14-3-5-16-19(11-14)30-9-8-20(16)36-12-22-32-31-21-7-6-18(33-34(21)22)13-2-4-15(17(25)10-13)23(29)24(26,27)28/h2-11,23H,12,29H2,1H3/t23-/m0/s1. The van der Waals surface area contributed by atoms with Crippen LogP contribution in [0.2, 0.25) is 5.02 Å². The predicted molar refractivity (Wildman–Crippen MR) is 127 cm³/mol. The molecule has 8 nitrogen and oxygen atoms in total. The number of benzene rings is 2. The highest BCUT2D eigenvalue weighted by Crippen LogP contribution is 2.36. The summed E-state index contributed by atoms with van der Waals surface area (Å²) in [6, 6.07) is 12.5. The Morgan fingerprint density at radius 2 is 1.89 bits per heavy atom. The van der Waals surface area contributed by atoms with Crippen LogP contribution in [0.25, 0.3) is 27.8 Å². The third-order valence-corrected chi connectivity index (χ3v) is 5.91. The third-order valence-electron chi connectivity index (χ3n) is 5.58. The summed E-state index contributed by atoms with van der Waals surface area (Å²) in [5, 5.41) is 13.5. The molecule has 2 N–H and O–H groups in total. The van der Waals surface area contributed by atoms with E-state index < -0.39 is 12.2 Å². The lowest BCUT2D eigenvalue weighted by molar-refractivity contribution is -0.149. The van der Waals surface area contributed by atoms with Crippen molar-refractivity contribution >= 4 is 28.2 Å². The zero-order chi connectivity index (χ0) is 25.4. The fourth-order valence-electron chi connectivity index (χ4n) is 3.69. The van der Waals surface area contributed by atoms with E-state index >= 15 is 0 Å². The number of alkyl halides is 3. The zero-order valence-corrected chi connectivity index (χ0v) is 19.5. The molecule has 0 aliphatic rings. The Balaban J connectivity index is 1.42. The first-order valence-electron chi connectivity index (χ1n) is 10.6. The summed E-state index contributed by atoms with van der Waals surface area (Å²) in [5.41, 5.74) is 7.24. The van der Waals surface area contributed by atoms with E-state index in [2.05, 4.69) is 20.3 Å². The first-order chi connectivity index (χ1) is 17.2. The van der Waals surface area contributed by atoms with Crippen molar-refractivity contribution < 1.29 is 22.6 Å². The minimum atomic E-state index is -4.61. The van der Waals surface area contributed by atoms with Crippen molar-refractivity contribution in [2.45, 2.75) is 18.8 Å². The fourth-order valence-corrected chi connectivity index (χ4v) is 3.99. The molecule has 0 aliphatic heterocycles. The molecule has 36 heavy (non-hydrogen) atoms. The Morgan fingerprint density at radius 1 is 1.06 bits per heavy atom. The summed E-state index contributed by atoms with van der Waals surface area (Å²) in [5.74, 6) is 1.70. The molecule has 12 heteroatoms. The van der Waals surface area contributed by atoms with E-state index in [1.165, 1.54) is 22.7 Å². The highest BCUT2D eigenvalue weighted by molar-refractivity contribution is 6.31. The highest BCUT2D eigenvalue weighted by Gasteiger charge is 2.38. The van der Waals surface area contributed by atoms with E-state index in [4.69, 9.17) is 26.8 Å². The van der Waals surface area contributed by atoms with Crippen molar-refractivity contribution in [2.24, 2.45) is 5.73 Å². The average molecular weight is 515 g/mol. The fraction of sp³-hybridized carbons (Fsp3) is 0.167. The molecule has 0 saturated heterocycles. The smallest absolute Gasteiger partial charge is 0.407 e. The second-order valence-electron chi connectivity index (χ2n) is 7.84. The first kappa shape index (κ1) is 23.8. The minimum Gasteiger partial charge on any atom is -0.497 e. The van der Waals surface area contributed by atoms with Gasteiger partial charge < -0.3 is 15.2 Å². The molecular weight excluding hydrogens is 497 g/mol. The van der Waals surface area contributed by atoms with Crippen LogP contribution in [0.3, 0.4) is 0 Å². The van der Waals surface area contributed by atoms with Gasteiger partial charge in [-0.25, -0.2) is 0 Å². The maximum Gasteiger partial charge on any atom is 0.407 e. The molecular formula is C24H18ClF3N6O2. The van der Waals surface area contributed by atoms with Gasteiger partial charge in [0.15, 0.2) is 11.5 Å². The van der Waals surface area contributed by atoms with Crippen LogP contribution in [0.4, 0.5) is 13.2 Å². The third kappa shape index (κ3) is 4.50. The molecule has 3 heterocycles. The van der Waals surface area contributed by atoms with Crippen LogP contribution in [0.5, 0.6) is 11.5 Å². The maximum absolute atomic E-state index is 13.0. The molecule has 0 saturated carbocycles. The molecule has 1 atom stereocenters. The van der Waals surface area contributed by atoms with Gasteiger partial charge in [0.05, 0.1) is 18.3 Å². The van der Waals surface area contributed by atoms with E-state index in [-0.39, 0.29) is 17.2 Å². The lowest BCUT2D eigenvalue weighted by atomic mass is 10.0. The maximum atomic E-state index is 13.0. The van der Waals surface area contributed by atoms with E-state index in [9.17, 15) is 13.2 Å². The van der Waals surface area contributed by atoms with Gasteiger partial charge in [-0.3, -0.25) is 4.98 Å². The molecule has 0 amide bonds. The van der Waals surface area contributed by atoms with Gasteiger partial charge in [0.25, 0.3) is 0 Å². The van der Waals surface area contributed by atoms with Crippen molar-refractivity contribution in [1.29, 1.82) is 0 Å². The number of fused-ring (bicyclic) bond motifs is 2. The SMILES string of the molecule is COc1ccc2c(OCc3nnc4ccc(-c5ccc([C@H](N)C(F)(F)F)c(Cl)c5)nn34)ccnc2c1. The largest absolute Gasteiger partial charge is 0.497 e. The molecule has 0 radical (unpaired) electrons. The molecule has 5 aromatic rings. The number of halogens is 4. The molecule has 0 aliphatic carbocycles. The number of hydrogen-bond acceptors (Lipinski definition) is 7. The minimum absolute atomic E-state index is 0.0584. The lowest BCUT2D eigenvalue weighted by Crippen LogP contribution is -2.28. The summed E-state index contributed by atoms with van der Waals surface area (Å²) in [7, 11) is 1.58. The monoisotopic (exact) mass is 514 g/mol. The second-order valence-corrected chi connectivity index (χ2v) is 8.25.